The molecule has 1 aromatic heterocycles. The van der Waals surface area contributed by atoms with E-state index in [0.29, 0.717) is 29.7 Å². The number of nitrogens with one attached hydrogen (secondary N) is 1. The van der Waals surface area contributed by atoms with Gasteiger partial charge in [-0.1, -0.05) is 59.6 Å². The van der Waals surface area contributed by atoms with Crippen molar-refractivity contribution in [2.75, 3.05) is 20.3 Å². The standard InChI is InChI=1S/C19H20Cl2N4O/c1-26-11-10-22-12-18-19(14-6-3-2-4-7-14)24-25(23-18)13-15-16(20)8-5-9-17(15)21/h2-9,22H,10-13H2,1H3. The van der Waals surface area contributed by atoms with Crippen LogP contribution in [0.15, 0.2) is 48.5 Å². The fraction of sp³-hybridized carbons (Fsp3) is 0.263. The highest BCUT2D eigenvalue weighted by Gasteiger charge is 2.15. The molecule has 0 aliphatic carbocycles. The van der Waals surface area contributed by atoms with E-state index in [-0.39, 0.29) is 0 Å². The summed E-state index contributed by atoms with van der Waals surface area (Å²) in [5.41, 5.74) is 3.55. The maximum absolute atomic E-state index is 6.28. The molecule has 3 aromatic rings. The number of hydrogen-bond acceptors (Lipinski definition) is 4. The average Bonchev–Trinajstić information content (AvgIpc) is 3.05. The highest BCUT2D eigenvalue weighted by atomic mass is 35.5. The summed E-state index contributed by atoms with van der Waals surface area (Å²) in [4.78, 5) is 1.64. The lowest BCUT2D eigenvalue weighted by molar-refractivity contribution is 0.199. The molecule has 0 aliphatic heterocycles. The molecule has 0 radical (unpaired) electrons. The summed E-state index contributed by atoms with van der Waals surface area (Å²) in [5.74, 6) is 0. The van der Waals surface area contributed by atoms with Crippen molar-refractivity contribution in [2.45, 2.75) is 13.1 Å². The number of nitrogens with zero attached hydrogens (tertiary/aromatic N) is 3. The number of ether oxygens (including phenoxy) is 1. The summed E-state index contributed by atoms with van der Waals surface area (Å²) < 4.78 is 5.07. The van der Waals surface area contributed by atoms with Crippen LogP contribution in [-0.2, 0) is 17.8 Å². The molecule has 0 saturated heterocycles. The van der Waals surface area contributed by atoms with Crippen LogP contribution in [-0.4, -0.2) is 35.3 Å². The van der Waals surface area contributed by atoms with Gasteiger partial charge in [0.05, 0.1) is 13.2 Å². The van der Waals surface area contributed by atoms with Crippen molar-refractivity contribution >= 4 is 23.2 Å². The summed E-state index contributed by atoms with van der Waals surface area (Å²) in [5, 5.41) is 13.9. The lowest BCUT2D eigenvalue weighted by atomic mass is 10.1. The van der Waals surface area contributed by atoms with Crippen LogP contribution in [0.1, 0.15) is 11.3 Å². The number of methoxy groups -OCH3 is 1. The van der Waals surface area contributed by atoms with Crippen LogP contribution in [0.4, 0.5) is 0 Å². The van der Waals surface area contributed by atoms with E-state index < -0.39 is 0 Å². The summed E-state index contributed by atoms with van der Waals surface area (Å²) in [6.07, 6.45) is 0. The molecule has 0 saturated carbocycles. The Morgan fingerprint density at radius 2 is 1.73 bits per heavy atom. The molecular formula is C19H20Cl2N4O. The highest BCUT2D eigenvalue weighted by Crippen LogP contribution is 2.26. The van der Waals surface area contributed by atoms with Crippen molar-refractivity contribution in [1.29, 1.82) is 0 Å². The zero-order valence-corrected chi connectivity index (χ0v) is 16.0. The molecule has 0 unspecified atom stereocenters. The van der Waals surface area contributed by atoms with Crippen molar-refractivity contribution in [3.63, 3.8) is 0 Å². The van der Waals surface area contributed by atoms with Crippen LogP contribution in [0, 0.1) is 0 Å². The molecule has 1 heterocycles. The first-order valence-electron chi connectivity index (χ1n) is 8.31. The zero-order chi connectivity index (χ0) is 18.4. The second-order valence-corrected chi connectivity index (χ2v) is 6.58. The van der Waals surface area contributed by atoms with E-state index in [4.69, 9.17) is 27.9 Å². The van der Waals surface area contributed by atoms with Crippen molar-refractivity contribution in [2.24, 2.45) is 0 Å². The maximum Gasteiger partial charge on any atom is 0.117 e. The van der Waals surface area contributed by atoms with Gasteiger partial charge in [-0.2, -0.15) is 15.0 Å². The summed E-state index contributed by atoms with van der Waals surface area (Å²) in [7, 11) is 1.68. The van der Waals surface area contributed by atoms with Crippen LogP contribution in [0.3, 0.4) is 0 Å². The van der Waals surface area contributed by atoms with Crippen LogP contribution in [0.25, 0.3) is 11.3 Å². The third-order valence-corrected chi connectivity index (χ3v) is 4.62. The van der Waals surface area contributed by atoms with E-state index in [1.807, 2.05) is 48.5 Å². The van der Waals surface area contributed by atoms with Gasteiger partial charge in [-0.15, -0.1) is 0 Å². The number of aromatic nitrogens is 3. The van der Waals surface area contributed by atoms with Crippen LogP contribution in [0.2, 0.25) is 10.0 Å². The van der Waals surface area contributed by atoms with Crippen molar-refractivity contribution in [1.82, 2.24) is 20.3 Å². The minimum Gasteiger partial charge on any atom is -0.383 e. The molecule has 0 atom stereocenters. The number of rotatable bonds is 8. The molecule has 7 heteroatoms. The van der Waals surface area contributed by atoms with E-state index in [2.05, 4.69) is 15.5 Å². The molecule has 0 amide bonds. The van der Waals surface area contributed by atoms with Crippen molar-refractivity contribution in [3.05, 3.63) is 69.8 Å². The first-order valence-corrected chi connectivity index (χ1v) is 9.06. The van der Waals surface area contributed by atoms with Crippen LogP contribution < -0.4 is 5.32 Å². The zero-order valence-electron chi connectivity index (χ0n) is 14.5. The molecule has 0 fully saturated rings. The second-order valence-electron chi connectivity index (χ2n) is 5.76. The van der Waals surface area contributed by atoms with Crippen LogP contribution >= 0.6 is 23.2 Å². The third kappa shape index (κ3) is 4.62. The largest absolute Gasteiger partial charge is 0.383 e. The SMILES string of the molecule is COCCNCc1nn(Cc2c(Cl)cccc2Cl)nc1-c1ccccc1. The smallest absolute Gasteiger partial charge is 0.117 e. The van der Waals surface area contributed by atoms with Gasteiger partial charge in [-0.3, -0.25) is 0 Å². The topological polar surface area (TPSA) is 52.0 Å². The van der Waals surface area contributed by atoms with Gasteiger partial charge in [0.2, 0.25) is 0 Å². The monoisotopic (exact) mass is 390 g/mol. The molecule has 26 heavy (non-hydrogen) atoms. The Morgan fingerprint density at radius 3 is 2.42 bits per heavy atom. The van der Waals surface area contributed by atoms with Gasteiger partial charge >= 0.3 is 0 Å². The Kier molecular flexibility index (Phi) is 6.63. The Balaban J connectivity index is 1.88. The van der Waals surface area contributed by atoms with E-state index >= 15 is 0 Å². The molecule has 0 aliphatic rings. The van der Waals surface area contributed by atoms with Crippen LogP contribution in [0.5, 0.6) is 0 Å². The molecule has 0 bridgehead atoms. The first kappa shape index (κ1) is 18.9. The lowest BCUT2D eigenvalue weighted by Crippen LogP contribution is -2.19. The average molecular weight is 391 g/mol. The third-order valence-electron chi connectivity index (χ3n) is 3.91. The summed E-state index contributed by atoms with van der Waals surface area (Å²) in [6, 6.07) is 15.5. The highest BCUT2D eigenvalue weighted by molar-refractivity contribution is 6.35. The Morgan fingerprint density at radius 1 is 1.00 bits per heavy atom. The van der Waals surface area contributed by atoms with Gasteiger partial charge in [0, 0.05) is 41.4 Å². The Labute approximate surface area is 162 Å². The number of hydrogen-bond donors (Lipinski definition) is 1. The fourth-order valence-corrected chi connectivity index (χ4v) is 3.12. The van der Waals surface area contributed by atoms with E-state index in [0.717, 1.165) is 29.1 Å². The van der Waals surface area contributed by atoms with E-state index in [9.17, 15) is 0 Å². The number of benzene rings is 2. The molecule has 1 N–H and O–H groups in total. The van der Waals surface area contributed by atoms with Crippen molar-refractivity contribution < 1.29 is 4.74 Å². The molecular weight excluding hydrogens is 371 g/mol. The first-order chi connectivity index (χ1) is 12.7. The molecule has 3 rings (SSSR count). The van der Waals surface area contributed by atoms with Gasteiger partial charge in [0.1, 0.15) is 11.4 Å². The predicted octanol–water partition coefficient (Wildman–Crippen LogP) is 4.04. The van der Waals surface area contributed by atoms with Gasteiger partial charge in [-0.05, 0) is 12.1 Å². The normalized spacial score (nSPS) is 11.0. The minimum absolute atomic E-state index is 0.413. The Hall–Kier alpha value is -1.92. The quantitative estimate of drug-likeness (QED) is 0.589. The van der Waals surface area contributed by atoms with Gasteiger partial charge in [0.15, 0.2) is 0 Å². The molecule has 2 aromatic carbocycles. The fourth-order valence-electron chi connectivity index (χ4n) is 2.60. The minimum atomic E-state index is 0.413. The predicted molar refractivity (Wildman–Crippen MR) is 105 cm³/mol. The lowest BCUT2D eigenvalue weighted by Gasteiger charge is -2.05. The maximum atomic E-state index is 6.28. The van der Waals surface area contributed by atoms with Gasteiger partial charge < -0.3 is 10.1 Å². The summed E-state index contributed by atoms with van der Waals surface area (Å²) in [6.45, 7) is 2.40. The molecule has 136 valence electrons. The van der Waals surface area contributed by atoms with Gasteiger partial charge in [0.25, 0.3) is 0 Å². The van der Waals surface area contributed by atoms with E-state index in [1.165, 1.54) is 0 Å². The number of halogens is 2. The van der Waals surface area contributed by atoms with Gasteiger partial charge in [-0.25, -0.2) is 0 Å². The summed E-state index contributed by atoms with van der Waals surface area (Å²) >= 11 is 12.6. The molecule has 0 spiro atoms. The Bertz CT molecular complexity index is 832. The second kappa shape index (κ2) is 9.14. The van der Waals surface area contributed by atoms with Crippen molar-refractivity contribution in [3.8, 4) is 11.3 Å². The molecule has 5 nitrogen and oxygen atoms in total. The van der Waals surface area contributed by atoms with E-state index in [1.54, 1.807) is 11.9 Å².